The molecule has 1 spiro atoms. The Bertz CT molecular complexity index is 768. The summed E-state index contributed by atoms with van der Waals surface area (Å²) in [6, 6.07) is 6.56. The van der Waals surface area contributed by atoms with Gasteiger partial charge in [-0.1, -0.05) is 50.3 Å². The van der Waals surface area contributed by atoms with Gasteiger partial charge in [0.2, 0.25) is 0 Å². The number of anilines is 1. The van der Waals surface area contributed by atoms with Gasteiger partial charge in [-0.25, -0.2) is 4.79 Å². The molecule has 1 saturated carbocycles. The fraction of sp³-hybridized carbons (Fsp3) is 0.731. The van der Waals surface area contributed by atoms with Crippen molar-refractivity contribution in [3.63, 3.8) is 0 Å². The number of amides is 1. The maximum absolute atomic E-state index is 13.0. The first-order chi connectivity index (χ1) is 14.2. The molecule has 166 valence electrons. The summed E-state index contributed by atoms with van der Waals surface area (Å²) >= 11 is 0. The normalized spacial score (nSPS) is 23.0. The summed E-state index contributed by atoms with van der Waals surface area (Å²) in [4.78, 5) is 17.6. The van der Waals surface area contributed by atoms with Crippen LogP contribution in [0.2, 0.25) is 0 Å². The number of hydrogen-bond acceptors (Lipinski definition) is 3. The Morgan fingerprint density at radius 2 is 1.87 bits per heavy atom. The monoisotopic (exact) mass is 412 g/mol. The molecule has 1 atom stereocenters. The third kappa shape index (κ3) is 4.39. The maximum atomic E-state index is 13.0. The predicted molar refractivity (Wildman–Crippen MR) is 123 cm³/mol. The molecule has 1 amide bonds. The summed E-state index contributed by atoms with van der Waals surface area (Å²) in [7, 11) is 0. The van der Waals surface area contributed by atoms with Crippen LogP contribution in [0.5, 0.6) is 0 Å². The van der Waals surface area contributed by atoms with Gasteiger partial charge < -0.3 is 9.64 Å². The van der Waals surface area contributed by atoms with Crippen molar-refractivity contribution in [2.75, 3.05) is 31.1 Å². The molecule has 4 rings (SSSR count). The van der Waals surface area contributed by atoms with Gasteiger partial charge in [0.15, 0.2) is 0 Å². The summed E-state index contributed by atoms with van der Waals surface area (Å²) in [5, 5.41) is 0. The van der Waals surface area contributed by atoms with Crippen molar-refractivity contribution in [2.45, 2.75) is 84.2 Å². The first-order valence-corrected chi connectivity index (χ1v) is 12.0. The summed E-state index contributed by atoms with van der Waals surface area (Å²) in [6.07, 6.45) is 7.75. The van der Waals surface area contributed by atoms with E-state index in [4.69, 9.17) is 4.74 Å². The van der Waals surface area contributed by atoms with Crippen molar-refractivity contribution >= 4 is 11.8 Å². The standard InChI is InChI=1S/C26H40N2O2/c1-19-10-11-23-22(16-19)26(18-28(23)24(29)30-25(3,4)5)12-14-27(15-13-26)17-20(2)21-8-6-7-9-21/h10-11,16,20-21H,6-9,12-15,17-18H2,1-5H3. The Labute approximate surface area is 183 Å². The maximum Gasteiger partial charge on any atom is 0.414 e. The van der Waals surface area contributed by atoms with Crippen LogP contribution in [0.4, 0.5) is 10.5 Å². The molecule has 2 heterocycles. The van der Waals surface area contributed by atoms with E-state index in [1.54, 1.807) is 0 Å². The molecule has 1 aromatic carbocycles. The number of carbonyl (C=O) groups excluding carboxylic acids is 1. The van der Waals surface area contributed by atoms with Crippen LogP contribution in [0.3, 0.4) is 0 Å². The highest BCUT2D eigenvalue weighted by Gasteiger charge is 2.47. The highest BCUT2D eigenvalue weighted by molar-refractivity contribution is 5.91. The minimum absolute atomic E-state index is 0.0748. The van der Waals surface area contributed by atoms with Crippen molar-refractivity contribution < 1.29 is 9.53 Å². The molecule has 2 aliphatic heterocycles. The first kappa shape index (κ1) is 21.7. The lowest BCUT2D eigenvalue weighted by molar-refractivity contribution is 0.0569. The number of fused-ring (bicyclic) bond motifs is 2. The number of rotatable bonds is 3. The molecule has 2 fully saturated rings. The summed E-state index contributed by atoms with van der Waals surface area (Å²) in [6.45, 7) is 14.7. The fourth-order valence-corrected chi connectivity index (χ4v) is 5.94. The minimum Gasteiger partial charge on any atom is -0.443 e. The van der Waals surface area contributed by atoms with Crippen LogP contribution in [-0.2, 0) is 10.2 Å². The third-order valence-corrected chi connectivity index (χ3v) is 7.65. The van der Waals surface area contributed by atoms with Crippen molar-refractivity contribution in [3.05, 3.63) is 29.3 Å². The summed E-state index contributed by atoms with van der Waals surface area (Å²) in [5.74, 6) is 1.73. The smallest absolute Gasteiger partial charge is 0.414 e. The van der Waals surface area contributed by atoms with Crippen molar-refractivity contribution in [3.8, 4) is 0 Å². The van der Waals surface area contributed by atoms with Gasteiger partial charge >= 0.3 is 6.09 Å². The van der Waals surface area contributed by atoms with E-state index in [1.165, 1.54) is 43.4 Å². The average Bonchev–Trinajstić information content (AvgIpc) is 3.30. The Morgan fingerprint density at radius 3 is 2.50 bits per heavy atom. The molecule has 4 heteroatoms. The number of benzene rings is 1. The second kappa shape index (κ2) is 8.18. The molecule has 4 nitrogen and oxygen atoms in total. The molecule has 0 radical (unpaired) electrons. The van der Waals surface area contributed by atoms with E-state index in [-0.39, 0.29) is 11.5 Å². The summed E-state index contributed by atoms with van der Waals surface area (Å²) < 4.78 is 5.75. The minimum atomic E-state index is -0.475. The van der Waals surface area contributed by atoms with Gasteiger partial charge in [-0.15, -0.1) is 0 Å². The SMILES string of the molecule is Cc1ccc2c(c1)C1(CCN(CC(C)C3CCCC3)CC1)CN2C(=O)OC(C)(C)C. The molecule has 1 aromatic rings. The van der Waals surface area contributed by atoms with Crippen LogP contribution in [0.15, 0.2) is 18.2 Å². The van der Waals surface area contributed by atoms with Gasteiger partial charge in [-0.3, -0.25) is 4.90 Å². The van der Waals surface area contributed by atoms with Crippen LogP contribution < -0.4 is 4.90 Å². The predicted octanol–water partition coefficient (Wildman–Crippen LogP) is 5.91. The van der Waals surface area contributed by atoms with Crippen molar-refractivity contribution in [2.24, 2.45) is 11.8 Å². The van der Waals surface area contributed by atoms with Gasteiger partial charge in [-0.05, 0) is 77.1 Å². The lowest BCUT2D eigenvalue weighted by atomic mass is 9.73. The number of nitrogens with zero attached hydrogens (tertiary/aromatic N) is 2. The number of carbonyl (C=O) groups is 1. The molecule has 3 aliphatic rings. The molecule has 0 aromatic heterocycles. The Balaban J connectivity index is 1.48. The summed E-state index contributed by atoms with van der Waals surface area (Å²) in [5.41, 5.74) is 3.29. The van der Waals surface area contributed by atoms with Crippen molar-refractivity contribution in [1.29, 1.82) is 0 Å². The molecular weight excluding hydrogens is 372 g/mol. The number of likely N-dealkylation sites (tertiary alicyclic amines) is 1. The zero-order chi connectivity index (χ0) is 21.5. The Morgan fingerprint density at radius 1 is 1.20 bits per heavy atom. The number of hydrogen-bond donors (Lipinski definition) is 0. The average molecular weight is 413 g/mol. The number of aryl methyl sites for hydroxylation is 1. The van der Waals surface area contributed by atoms with Crippen LogP contribution in [0.25, 0.3) is 0 Å². The third-order valence-electron chi connectivity index (χ3n) is 7.65. The number of piperidine rings is 1. The highest BCUT2D eigenvalue weighted by Crippen LogP contribution is 2.48. The largest absolute Gasteiger partial charge is 0.443 e. The van der Waals surface area contributed by atoms with Crippen LogP contribution in [0.1, 0.15) is 77.3 Å². The second-order valence-electron chi connectivity index (χ2n) is 11.2. The van der Waals surface area contributed by atoms with E-state index in [9.17, 15) is 4.79 Å². The fourth-order valence-electron chi connectivity index (χ4n) is 5.94. The lowest BCUT2D eigenvalue weighted by Crippen LogP contribution is -2.47. The Kier molecular flexibility index (Phi) is 5.91. The van der Waals surface area contributed by atoms with Gasteiger partial charge in [0.05, 0.1) is 5.69 Å². The van der Waals surface area contributed by atoms with E-state index in [0.717, 1.165) is 50.0 Å². The zero-order valence-electron chi connectivity index (χ0n) is 19.7. The Hall–Kier alpha value is -1.55. The van der Waals surface area contributed by atoms with E-state index < -0.39 is 5.60 Å². The van der Waals surface area contributed by atoms with Gasteiger partial charge in [0, 0.05) is 18.5 Å². The highest BCUT2D eigenvalue weighted by atomic mass is 16.6. The molecule has 1 unspecified atom stereocenters. The van der Waals surface area contributed by atoms with Crippen LogP contribution in [0, 0.1) is 18.8 Å². The van der Waals surface area contributed by atoms with E-state index in [2.05, 4.69) is 36.9 Å². The quantitative estimate of drug-likeness (QED) is 0.619. The first-order valence-electron chi connectivity index (χ1n) is 12.0. The lowest BCUT2D eigenvalue weighted by Gasteiger charge is -2.41. The van der Waals surface area contributed by atoms with Gasteiger partial charge in [0.25, 0.3) is 0 Å². The van der Waals surface area contributed by atoms with Crippen LogP contribution >= 0.6 is 0 Å². The second-order valence-corrected chi connectivity index (χ2v) is 11.2. The van der Waals surface area contributed by atoms with E-state index >= 15 is 0 Å². The van der Waals surface area contributed by atoms with Gasteiger partial charge in [0.1, 0.15) is 5.60 Å². The topological polar surface area (TPSA) is 32.8 Å². The van der Waals surface area contributed by atoms with E-state index in [0.29, 0.717) is 0 Å². The molecule has 30 heavy (non-hydrogen) atoms. The van der Waals surface area contributed by atoms with Crippen LogP contribution in [-0.4, -0.2) is 42.8 Å². The molecular formula is C26H40N2O2. The zero-order valence-corrected chi connectivity index (χ0v) is 19.7. The molecule has 0 N–H and O–H groups in total. The van der Waals surface area contributed by atoms with E-state index in [1.807, 2.05) is 25.7 Å². The molecule has 1 aliphatic carbocycles. The molecule has 0 bridgehead atoms. The van der Waals surface area contributed by atoms with Gasteiger partial charge in [-0.2, -0.15) is 0 Å². The molecule has 1 saturated heterocycles. The van der Waals surface area contributed by atoms with Crippen molar-refractivity contribution in [1.82, 2.24) is 4.90 Å². The number of ether oxygens (including phenoxy) is 1.